The molecule has 2 atom stereocenters. The second-order valence-corrected chi connectivity index (χ2v) is 11.3. The van der Waals surface area contributed by atoms with E-state index in [1.807, 2.05) is 0 Å². The number of Topliss-reactive ketones (excluding diaryl/α,β-unsaturated/α-hetero) is 2. The lowest BCUT2D eigenvalue weighted by Crippen LogP contribution is -2.54. The van der Waals surface area contributed by atoms with Gasteiger partial charge in [-0.25, -0.2) is 0 Å². The minimum Gasteiger partial charge on any atom is -0.494 e. The van der Waals surface area contributed by atoms with Gasteiger partial charge in [-0.3, -0.25) is 19.2 Å². The lowest BCUT2D eigenvalue weighted by Gasteiger charge is -2.36. The van der Waals surface area contributed by atoms with Gasteiger partial charge in [-0.1, -0.05) is 60.7 Å². The van der Waals surface area contributed by atoms with E-state index in [9.17, 15) is 29.4 Å². The number of ether oxygens (including phenoxy) is 2. The normalized spacial score (nSPS) is 20.8. The Morgan fingerprint density at radius 1 is 0.565 bits per heavy atom. The van der Waals surface area contributed by atoms with Crippen LogP contribution in [0.1, 0.15) is 44.7 Å². The summed E-state index contributed by atoms with van der Waals surface area (Å²) in [5.41, 5.74) is -3.12. The molecular formula is C36H32N2O8. The first kappa shape index (κ1) is 30.7. The first-order valence-corrected chi connectivity index (χ1v) is 14.8. The van der Waals surface area contributed by atoms with Crippen LogP contribution in [0.3, 0.4) is 0 Å². The topological polar surface area (TPSA) is 134 Å². The fourth-order valence-corrected chi connectivity index (χ4v) is 5.90. The largest absolute Gasteiger partial charge is 0.494 e. The van der Waals surface area contributed by atoms with Crippen LogP contribution in [0.5, 0.6) is 11.5 Å². The Labute approximate surface area is 265 Å². The fraction of sp³-hybridized carbons (Fsp3) is 0.222. The van der Waals surface area contributed by atoms with E-state index < -0.39 is 34.6 Å². The lowest BCUT2D eigenvalue weighted by atomic mass is 9.81. The van der Waals surface area contributed by atoms with Gasteiger partial charge in [-0.15, -0.1) is 0 Å². The second-order valence-electron chi connectivity index (χ2n) is 11.3. The van der Waals surface area contributed by atoms with Gasteiger partial charge in [0.05, 0.1) is 24.6 Å². The van der Waals surface area contributed by atoms with Crippen LogP contribution < -0.4 is 19.3 Å². The number of unbranched alkanes of at least 4 members (excludes halogenated alkanes) is 1. The molecule has 234 valence electrons. The highest BCUT2D eigenvalue weighted by molar-refractivity contribution is 6.28. The summed E-state index contributed by atoms with van der Waals surface area (Å²) in [5, 5.41) is 22.6. The fourth-order valence-electron chi connectivity index (χ4n) is 5.90. The third-order valence-electron chi connectivity index (χ3n) is 8.49. The van der Waals surface area contributed by atoms with Gasteiger partial charge in [0.15, 0.2) is 0 Å². The molecule has 46 heavy (non-hydrogen) atoms. The van der Waals surface area contributed by atoms with Crippen LogP contribution in [0, 0.1) is 0 Å². The van der Waals surface area contributed by atoms with Gasteiger partial charge in [-0.2, -0.15) is 0 Å². The molecule has 2 amide bonds. The number of ketones is 2. The lowest BCUT2D eigenvalue weighted by molar-refractivity contribution is -0.134. The predicted octanol–water partition coefficient (Wildman–Crippen LogP) is 4.02. The molecule has 4 aromatic carbocycles. The Bertz CT molecular complexity index is 1710. The van der Waals surface area contributed by atoms with Gasteiger partial charge in [0.1, 0.15) is 11.5 Å². The number of likely N-dealkylation sites (N-methyl/N-ethyl adjacent to an activating group) is 2. The molecule has 0 radical (unpaired) electrons. The zero-order valence-electron chi connectivity index (χ0n) is 25.3. The number of fused-ring (bicyclic) bond motifs is 2. The minimum absolute atomic E-state index is 0.183. The van der Waals surface area contributed by atoms with E-state index in [-0.39, 0.29) is 22.3 Å². The minimum atomic E-state index is -2.33. The van der Waals surface area contributed by atoms with Crippen LogP contribution >= 0.6 is 0 Å². The van der Waals surface area contributed by atoms with Crippen molar-refractivity contribution in [1.82, 2.24) is 0 Å². The number of hydrogen-bond acceptors (Lipinski definition) is 8. The van der Waals surface area contributed by atoms with E-state index in [1.54, 1.807) is 84.9 Å². The number of aliphatic hydroxyl groups is 2. The molecule has 0 bridgehead atoms. The summed E-state index contributed by atoms with van der Waals surface area (Å²) in [6, 6.07) is 25.9. The molecule has 2 N–H and O–H groups in total. The summed E-state index contributed by atoms with van der Waals surface area (Å²) >= 11 is 0. The molecule has 0 fully saturated rings. The number of nitrogens with zero attached hydrogens (tertiary/aromatic N) is 2. The van der Waals surface area contributed by atoms with E-state index >= 15 is 0 Å². The van der Waals surface area contributed by atoms with Crippen molar-refractivity contribution in [2.24, 2.45) is 0 Å². The Hall–Kier alpha value is -5.32. The highest BCUT2D eigenvalue weighted by Crippen LogP contribution is 2.40. The number of carbonyl (C=O) groups is 4. The third-order valence-corrected chi connectivity index (χ3v) is 8.49. The van der Waals surface area contributed by atoms with Crippen molar-refractivity contribution < 1.29 is 38.9 Å². The SMILES string of the molecule is CN1C(=O)C(O)(c2ccccc2)C(=O)c2cc(OCCCCOc3ccc4c(c3)C(=O)C(O)(c3ccccc3)C(=O)N4C)ccc21. The quantitative estimate of drug-likeness (QED) is 0.212. The van der Waals surface area contributed by atoms with Crippen molar-refractivity contribution in [2.75, 3.05) is 37.1 Å². The van der Waals surface area contributed by atoms with Crippen molar-refractivity contribution in [3.63, 3.8) is 0 Å². The number of amides is 2. The molecule has 0 saturated carbocycles. The first-order chi connectivity index (χ1) is 22.1. The maximum Gasteiger partial charge on any atom is 0.271 e. The van der Waals surface area contributed by atoms with Crippen molar-refractivity contribution in [3.05, 3.63) is 119 Å². The van der Waals surface area contributed by atoms with Crippen LogP contribution in [-0.4, -0.2) is 60.9 Å². The smallest absolute Gasteiger partial charge is 0.271 e. The molecule has 10 nitrogen and oxygen atoms in total. The van der Waals surface area contributed by atoms with Crippen molar-refractivity contribution >= 4 is 34.8 Å². The summed E-state index contributed by atoms with van der Waals surface area (Å²) in [5.74, 6) is -2.03. The van der Waals surface area contributed by atoms with Gasteiger partial charge in [0.2, 0.25) is 22.8 Å². The zero-order valence-corrected chi connectivity index (χ0v) is 25.3. The number of rotatable bonds is 9. The summed E-state index contributed by atoms with van der Waals surface area (Å²) in [7, 11) is 3.03. The maximum atomic E-state index is 13.4. The Morgan fingerprint density at radius 2 is 0.935 bits per heavy atom. The molecule has 2 aliphatic heterocycles. The first-order valence-electron chi connectivity index (χ1n) is 14.8. The summed E-state index contributed by atoms with van der Waals surface area (Å²) in [6.45, 7) is 0.626. The van der Waals surface area contributed by atoms with Gasteiger partial charge >= 0.3 is 0 Å². The molecule has 0 aliphatic carbocycles. The van der Waals surface area contributed by atoms with E-state index in [2.05, 4.69) is 0 Å². The Morgan fingerprint density at radius 3 is 1.30 bits per heavy atom. The molecule has 10 heteroatoms. The monoisotopic (exact) mass is 620 g/mol. The Balaban J connectivity index is 1.07. The molecule has 2 heterocycles. The van der Waals surface area contributed by atoms with Crippen LogP contribution in [-0.2, 0) is 20.8 Å². The zero-order chi connectivity index (χ0) is 32.6. The van der Waals surface area contributed by atoms with E-state index in [1.165, 1.54) is 36.0 Å². The van der Waals surface area contributed by atoms with Crippen molar-refractivity contribution in [2.45, 2.75) is 24.0 Å². The molecule has 0 spiro atoms. The van der Waals surface area contributed by atoms with E-state index in [4.69, 9.17) is 9.47 Å². The van der Waals surface area contributed by atoms with Crippen LogP contribution in [0.25, 0.3) is 0 Å². The molecule has 0 saturated heterocycles. The number of benzene rings is 4. The summed E-state index contributed by atoms with van der Waals surface area (Å²) in [4.78, 5) is 55.5. The molecule has 6 rings (SSSR count). The second kappa shape index (κ2) is 11.9. The predicted molar refractivity (Wildman–Crippen MR) is 169 cm³/mol. The van der Waals surface area contributed by atoms with Gasteiger partial charge in [0, 0.05) is 36.3 Å². The highest BCUT2D eigenvalue weighted by Gasteiger charge is 2.53. The van der Waals surface area contributed by atoms with E-state index in [0.29, 0.717) is 48.9 Å². The van der Waals surface area contributed by atoms with Crippen LogP contribution in [0.15, 0.2) is 97.1 Å². The molecule has 0 aromatic heterocycles. The van der Waals surface area contributed by atoms with Gasteiger partial charge in [0.25, 0.3) is 11.8 Å². The van der Waals surface area contributed by atoms with Crippen LogP contribution in [0.2, 0.25) is 0 Å². The third kappa shape index (κ3) is 4.92. The Kier molecular flexibility index (Phi) is 7.93. The number of carbonyl (C=O) groups excluding carboxylic acids is 4. The molecule has 4 aromatic rings. The molecule has 2 unspecified atom stereocenters. The number of anilines is 2. The average molecular weight is 621 g/mol. The van der Waals surface area contributed by atoms with Gasteiger partial charge in [-0.05, 0) is 49.2 Å². The van der Waals surface area contributed by atoms with E-state index in [0.717, 1.165) is 0 Å². The number of hydrogen-bond donors (Lipinski definition) is 2. The average Bonchev–Trinajstić information content (AvgIpc) is 3.10. The molecular weight excluding hydrogens is 588 g/mol. The summed E-state index contributed by atoms with van der Waals surface area (Å²) in [6.07, 6.45) is 1.21. The summed E-state index contributed by atoms with van der Waals surface area (Å²) < 4.78 is 11.8. The molecule has 2 aliphatic rings. The maximum absolute atomic E-state index is 13.4. The van der Waals surface area contributed by atoms with Gasteiger partial charge < -0.3 is 29.5 Å². The van der Waals surface area contributed by atoms with Crippen molar-refractivity contribution in [1.29, 1.82) is 0 Å². The highest BCUT2D eigenvalue weighted by atomic mass is 16.5. The van der Waals surface area contributed by atoms with Crippen LogP contribution in [0.4, 0.5) is 11.4 Å². The van der Waals surface area contributed by atoms with Crippen molar-refractivity contribution in [3.8, 4) is 11.5 Å². The standard InChI is InChI=1S/C36H32N2O8/c1-37-29-17-15-25(21-27(29)31(39)35(43,33(37)41)23-11-5-3-6-12-23)45-19-9-10-20-46-26-16-18-30-28(22-26)32(40)36(44,34(42)38(30)2)24-13-7-4-8-14-24/h3-8,11-18,21-22,43-44H,9-10,19-20H2,1-2H3.